The van der Waals surface area contributed by atoms with Crippen molar-refractivity contribution >= 4 is 17.3 Å². The van der Waals surface area contributed by atoms with Gasteiger partial charge in [0.1, 0.15) is 5.58 Å². The quantitative estimate of drug-likeness (QED) is 0.639. The van der Waals surface area contributed by atoms with E-state index in [1.54, 1.807) is 12.5 Å². The molecule has 0 fully saturated rings. The molecule has 0 spiro atoms. The first-order valence-corrected chi connectivity index (χ1v) is 5.67. The van der Waals surface area contributed by atoms with Crippen LogP contribution in [0.4, 0.5) is 0 Å². The zero-order valence-corrected chi connectivity index (χ0v) is 9.88. The van der Waals surface area contributed by atoms with Crippen molar-refractivity contribution in [2.75, 3.05) is 0 Å². The number of rotatable bonds is 2. The number of hydrogen-bond donors (Lipinski definition) is 0. The average Bonchev–Trinajstić information content (AvgIpc) is 2.85. The minimum atomic E-state index is 0.571. The van der Waals surface area contributed by atoms with Crippen LogP contribution in [0.1, 0.15) is 16.1 Å². The number of pyridine rings is 1. The molecule has 1 aromatic carbocycles. The minimum Gasteiger partial charge on any atom is -0.464 e. The van der Waals surface area contributed by atoms with Gasteiger partial charge in [0.2, 0.25) is 0 Å². The van der Waals surface area contributed by atoms with Crippen LogP contribution in [0.3, 0.4) is 0 Å². The highest BCUT2D eigenvalue weighted by atomic mass is 16.3. The predicted octanol–water partition coefficient (Wildman–Crippen LogP) is 3.62. The number of aryl methyl sites for hydroxylation is 1. The summed E-state index contributed by atoms with van der Waals surface area (Å²) in [5.74, 6) is 0. The van der Waals surface area contributed by atoms with Gasteiger partial charge < -0.3 is 4.42 Å². The molecule has 0 saturated carbocycles. The summed E-state index contributed by atoms with van der Waals surface area (Å²) in [7, 11) is 0. The van der Waals surface area contributed by atoms with Gasteiger partial charge >= 0.3 is 0 Å². The Balaban J connectivity index is 2.26. The first kappa shape index (κ1) is 10.7. The molecule has 0 aliphatic rings. The first-order chi connectivity index (χ1) is 8.78. The number of benzene rings is 1. The molecule has 88 valence electrons. The van der Waals surface area contributed by atoms with Gasteiger partial charge in [0.05, 0.1) is 11.8 Å². The molecule has 2 heterocycles. The Morgan fingerprint density at radius 3 is 2.83 bits per heavy atom. The predicted molar refractivity (Wildman–Crippen MR) is 69.6 cm³/mol. The second-order valence-electron chi connectivity index (χ2n) is 4.21. The molecule has 3 aromatic rings. The zero-order valence-electron chi connectivity index (χ0n) is 9.88. The van der Waals surface area contributed by atoms with E-state index in [9.17, 15) is 4.79 Å². The van der Waals surface area contributed by atoms with Crippen LogP contribution in [-0.2, 0) is 0 Å². The molecule has 0 amide bonds. The maximum atomic E-state index is 11.1. The van der Waals surface area contributed by atoms with Crippen LogP contribution in [0.25, 0.3) is 22.1 Å². The van der Waals surface area contributed by atoms with Gasteiger partial charge in [-0.2, -0.15) is 0 Å². The van der Waals surface area contributed by atoms with E-state index in [0.717, 1.165) is 28.5 Å². The summed E-state index contributed by atoms with van der Waals surface area (Å²) in [6, 6.07) is 9.65. The Bertz CT molecular complexity index is 728. The highest BCUT2D eigenvalue weighted by Gasteiger charge is 2.08. The van der Waals surface area contributed by atoms with Crippen molar-refractivity contribution in [3.05, 3.63) is 54.0 Å². The lowest BCUT2D eigenvalue weighted by Gasteiger charge is -2.04. The zero-order chi connectivity index (χ0) is 12.5. The van der Waals surface area contributed by atoms with Gasteiger partial charge in [0.15, 0.2) is 6.29 Å². The van der Waals surface area contributed by atoms with Crippen LogP contribution in [0.2, 0.25) is 0 Å². The van der Waals surface area contributed by atoms with Crippen LogP contribution in [0, 0.1) is 6.92 Å². The first-order valence-electron chi connectivity index (χ1n) is 5.67. The Hall–Kier alpha value is -2.42. The van der Waals surface area contributed by atoms with Crippen LogP contribution in [-0.4, -0.2) is 11.3 Å². The lowest BCUT2D eigenvalue weighted by Crippen LogP contribution is -1.86. The normalized spacial score (nSPS) is 10.7. The van der Waals surface area contributed by atoms with Crippen molar-refractivity contribution in [2.45, 2.75) is 6.92 Å². The van der Waals surface area contributed by atoms with E-state index in [4.69, 9.17) is 4.42 Å². The Morgan fingerprint density at radius 2 is 2.06 bits per heavy atom. The fourth-order valence-corrected chi connectivity index (χ4v) is 2.09. The molecule has 0 aliphatic carbocycles. The molecule has 0 atom stereocenters. The lowest BCUT2D eigenvalue weighted by atomic mass is 10.0. The number of aldehydes is 1. The van der Waals surface area contributed by atoms with Crippen molar-refractivity contribution in [2.24, 2.45) is 0 Å². The fraction of sp³-hybridized carbons (Fsp3) is 0.0667. The highest BCUT2D eigenvalue weighted by Crippen LogP contribution is 2.27. The van der Waals surface area contributed by atoms with Gasteiger partial charge in [-0.15, -0.1) is 0 Å². The SMILES string of the molecule is Cc1cc(-c2cc(C=O)c3occc3c2)ccn1. The third-order valence-corrected chi connectivity index (χ3v) is 2.94. The van der Waals surface area contributed by atoms with Gasteiger partial charge in [0, 0.05) is 17.3 Å². The van der Waals surface area contributed by atoms with Gasteiger partial charge in [-0.25, -0.2) is 0 Å². The lowest BCUT2D eigenvalue weighted by molar-refractivity contribution is 0.112. The molecule has 3 heteroatoms. The number of hydrogen-bond acceptors (Lipinski definition) is 3. The van der Waals surface area contributed by atoms with Crippen molar-refractivity contribution in [1.29, 1.82) is 0 Å². The third-order valence-electron chi connectivity index (χ3n) is 2.94. The molecule has 3 nitrogen and oxygen atoms in total. The van der Waals surface area contributed by atoms with Crippen LogP contribution >= 0.6 is 0 Å². The second kappa shape index (κ2) is 4.11. The Kier molecular flexibility index (Phi) is 2.45. The molecule has 0 N–H and O–H groups in total. The summed E-state index contributed by atoms with van der Waals surface area (Å²) in [5, 5.41) is 0.934. The van der Waals surface area contributed by atoms with E-state index < -0.39 is 0 Å². The molecule has 0 unspecified atom stereocenters. The van der Waals surface area contributed by atoms with Crippen molar-refractivity contribution in [3.63, 3.8) is 0 Å². The smallest absolute Gasteiger partial charge is 0.153 e. The summed E-state index contributed by atoms with van der Waals surface area (Å²) >= 11 is 0. The van der Waals surface area contributed by atoms with Crippen LogP contribution in [0.5, 0.6) is 0 Å². The van der Waals surface area contributed by atoms with E-state index >= 15 is 0 Å². The third kappa shape index (κ3) is 1.70. The van der Waals surface area contributed by atoms with E-state index in [2.05, 4.69) is 4.98 Å². The summed E-state index contributed by atoms with van der Waals surface area (Å²) < 4.78 is 5.31. The standard InChI is InChI=1S/C15H11NO2/c1-10-6-11(2-4-16-10)13-7-12-3-5-18-15(12)14(8-13)9-17/h2-9H,1H3. The Labute approximate surface area is 104 Å². The number of carbonyl (C=O) groups is 1. The van der Waals surface area contributed by atoms with Gasteiger partial charge in [-0.1, -0.05) is 0 Å². The maximum absolute atomic E-state index is 11.1. The number of aromatic nitrogens is 1. The van der Waals surface area contributed by atoms with Crippen LogP contribution < -0.4 is 0 Å². The average molecular weight is 237 g/mol. The number of nitrogens with zero attached hydrogens (tertiary/aromatic N) is 1. The monoisotopic (exact) mass is 237 g/mol. The van der Waals surface area contributed by atoms with Crippen molar-refractivity contribution in [1.82, 2.24) is 4.98 Å². The number of fused-ring (bicyclic) bond motifs is 1. The number of furan rings is 1. The minimum absolute atomic E-state index is 0.571. The fourth-order valence-electron chi connectivity index (χ4n) is 2.09. The van der Waals surface area contributed by atoms with E-state index in [-0.39, 0.29) is 0 Å². The maximum Gasteiger partial charge on any atom is 0.153 e. The Morgan fingerprint density at radius 1 is 1.17 bits per heavy atom. The van der Waals surface area contributed by atoms with E-state index in [1.807, 2.05) is 37.3 Å². The van der Waals surface area contributed by atoms with Crippen molar-refractivity contribution < 1.29 is 9.21 Å². The topological polar surface area (TPSA) is 43.1 Å². The van der Waals surface area contributed by atoms with E-state index in [0.29, 0.717) is 11.1 Å². The summed E-state index contributed by atoms with van der Waals surface area (Å²) in [6.07, 6.45) is 4.19. The molecule has 3 rings (SSSR count). The molecular formula is C15H11NO2. The van der Waals surface area contributed by atoms with Crippen LogP contribution in [0.15, 0.2) is 47.2 Å². The molecule has 0 radical (unpaired) electrons. The van der Waals surface area contributed by atoms with E-state index in [1.165, 1.54) is 0 Å². The highest BCUT2D eigenvalue weighted by molar-refractivity contribution is 5.97. The molecule has 0 bridgehead atoms. The largest absolute Gasteiger partial charge is 0.464 e. The molecule has 18 heavy (non-hydrogen) atoms. The molecule has 0 aliphatic heterocycles. The van der Waals surface area contributed by atoms with Gasteiger partial charge in [-0.05, 0) is 48.4 Å². The second-order valence-corrected chi connectivity index (χ2v) is 4.21. The molecule has 2 aromatic heterocycles. The molecular weight excluding hydrogens is 226 g/mol. The molecule has 0 saturated heterocycles. The summed E-state index contributed by atoms with van der Waals surface area (Å²) in [4.78, 5) is 15.3. The van der Waals surface area contributed by atoms with Gasteiger partial charge in [0.25, 0.3) is 0 Å². The summed E-state index contributed by atoms with van der Waals surface area (Å²) in [5.41, 5.74) is 4.21. The van der Waals surface area contributed by atoms with Gasteiger partial charge in [-0.3, -0.25) is 9.78 Å². The van der Waals surface area contributed by atoms with Crippen molar-refractivity contribution in [3.8, 4) is 11.1 Å². The summed E-state index contributed by atoms with van der Waals surface area (Å²) in [6.45, 7) is 1.94. The number of carbonyl (C=O) groups excluding carboxylic acids is 1.